The molecule has 1 aliphatic rings. The molecule has 8 nitrogen and oxygen atoms in total. The van der Waals surface area contributed by atoms with Crippen molar-refractivity contribution in [2.75, 3.05) is 18.6 Å². The summed E-state index contributed by atoms with van der Waals surface area (Å²) in [5.74, 6) is -0.942. The molecule has 0 aliphatic heterocycles. The summed E-state index contributed by atoms with van der Waals surface area (Å²) >= 11 is 1.61. The molecule has 0 aromatic rings. The van der Waals surface area contributed by atoms with Gasteiger partial charge < -0.3 is 31.9 Å². The molecular weight excluding hydrogens is 345 g/mol. The molecule has 0 spiro atoms. The molecule has 0 bridgehead atoms. The lowest BCUT2D eigenvalue weighted by Gasteiger charge is -2.41. The van der Waals surface area contributed by atoms with E-state index in [9.17, 15) is 14.7 Å². The predicted molar refractivity (Wildman–Crippen MR) is 99.0 cm³/mol. The van der Waals surface area contributed by atoms with Crippen LogP contribution in [0.1, 0.15) is 32.1 Å². The number of rotatable bonds is 10. The molecule has 0 aromatic carbocycles. The Bertz CT molecular complexity index is 457. The van der Waals surface area contributed by atoms with Crippen molar-refractivity contribution in [3.8, 4) is 0 Å². The maximum Gasteiger partial charge on any atom is 0.451 e. The van der Waals surface area contributed by atoms with Crippen LogP contribution in [0.4, 0.5) is 0 Å². The van der Waals surface area contributed by atoms with Gasteiger partial charge in [0.1, 0.15) is 5.54 Å². The van der Waals surface area contributed by atoms with E-state index in [1.807, 2.05) is 6.26 Å². The first-order valence-corrected chi connectivity index (χ1v) is 10.0. The number of thioether (sulfide) groups is 1. The first-order valence-electron chi connectivity index (χ1n) is 8.61. The average molecular weight is 375 g/mol. The highest BCUT2D eigenvalue weighted by atomic mass is 32.2. The standard InChI is InChI=1S/C15H30BN3O5S/c1-25-7-5-12(17)13(20)19-9-11-3-2-10(4-6-16(23)24)8-15(11,18)14(21)22/h10-12,23-24H,2-9,17-18H2,1H3,(H,19,20)(H,21,22)/t10-,11-,12-,15+/m0/s1. The van der Waals surface area contributed by atoms with Crippen molar-refractivity contribution in [1.82, 2.24) is 5.32 Å². The van der Waals surface area contributed by atoms with Crippen LogP contribution in [-0.4, -0.2) is 64.3 Å². The van der Waals surface area contributed by atoms with Crippen LogP contribution in [0.2, 0.25) is 6.32 Å². The summed E-state index contributed by atoms with van der Waals surface area (Å²) < 4.78 is 0. The summed E-state index contributed by atoms with van der Waals surface area (Å²) in [6, 6.07) is -0.605. The fraction of sp³-hybridized carbons (Fsp3) is 0.867. The van der Waals surface area contributed by atoms with Crippen molar-refractivity contribution in [3.63, 3.8) is 0 Å². The molecular formula is C15H30BN3O5S. The summed E-state index contributed by atoms with van der Waals surface area (Å²) in [6.45, 7) is 0.184. The minimum absolute atomic E-state index is 0.0266. The zero-order chi connectivity index (χ0) is 19.0. The second-order valence-corrected chi connectivity index (χ2v) is 7.87. The lowest BCUT2D eigenvalue weighted by atomic mass is 9.66. The number of carboxylic acid groups (broad SMARTS) is 1. The van der Waals surface area contributed by atoms with E-state index in [0.717, 1.165) is 12.2 Å². The molecule has 0 unspecified atom stereocenters. The van der Waals surface area contributed by atoms with E-state index in [2.05, 4.69) is 5.32 Å². The van der Waals surface area contributed by atoms with Gasteiger partial charge in [0.2, 0.25) is 5.91 Å². The third-order valence-corrected chi connectivity index (χ3v) is 5.65. The van der Waals surface area contributed by atoms with Crippen LogP contribution in [0.15, 0.2) is 0 Å². The SMILES string of the molecule is CSCC[C@H](N)C(=O)NC[C@@H]1CC[C@@H](CCB(O)O)C[C@]1(N)C(=O)O. The van der Waals surface area contributed by atoms with E-state index >= 15 is 0 Å². The molecule has 4 atom stereocenters. The molecule has 144 valence electrons. The number of carboxylic acids is 1. The molecule has 0 radical (unpaired) electrons. The Kier molecular flexibility index (Phi) is 9.22. The maximum atomic E-state index is 12.0. The molecule has 1 aliphatic carbocycles. The smallest absolute Gasteiger partial charge is 0.451 e. The maximum absolute atomic E-state index is 12.0. The van der Waals surface area contributed by atoms with Gasteiger partial charge in [-0.2, -0.15) is 11.8 Å². The first-order chi connectivity index (χ1) is 11.7. The third kappa shape index (κ3) is 6.78. The predicted octanol–water partition coefficient (Wildman–Crippen LogP) is -0.756. The van der Waals surface area contributed by atoms with Gasteiger partial charge in [-0.1, -0.05) is 6.42 Å². The average Bonchev–Trinajstić information content (AvgIpc) is 2.56. The van der Waals surface area contributed by atoms with E-state index in [1.54, 1.807) is 11.8 Å². The largest absolute Gasteiger partial charge is 0.480 e. The number of aliphatic carboxylic acids is 1. The number of carbonyl (C=O) groups excluding carboxylic acids is 1. The van der Waals surface area contributed by atoms with Crippen LogP contribution >= 0.6 is 11.8 Å². The molecule has 0 aromatic heterocycles. The summed E-state index contributed by atoms with van der Waals surface area (Å²) in [7, 11) is -1.39. The van der Waals surface area contributed by atoms with Crippen LogP contribution in [-0.2, 0) is 9.59 Å². The Balaban J connectivity index is 2.60. The fourth-order valence-electron chi connectivity index (χ4n) is 3.35. The number of hydrogen-bond acceptors (Lipinski definition) is 7. The lowest BCUT2D eigenvalue weighted by molar-refractivity contribution is -0.148. The lowest BCUT2D eigenvalue weighted by Crippen LogP contribution is -2.60. The second kappa shape index (κ2) is 10.4. The number of nitrogens with one attached hydrogen (secondary N) is 1. The van der Waals surface area contributed by atoms with E-state index < -0.39 is 24.7 Å². The van der Waals surface area contributed by atoms with Crippen molar-refractivity contribution >= 4 is 30.8 Å². The van der Waals surface area contributed by atoms with Crippen molar-refractivity contribution in [1.29, 1.82) is 0 Å². The van der Waals surface area contributed by atoms with E-state index in [1.165, 1.54) is 0 Å². The van der Waals surface area contributed by atoms with E-state index in [4.69, 9.17) is 21.5 Å². The summed E-state index contributed by atoms with van der Waals surface area (Å²) in [5, 5.41) is 30.3. The topological polar surface area (TPSA) is 159 Å². The summed E-state index contributed by atoms with van der Waals surface area (Å²) in [4.78, 5) is 23.8. The van der Waals surface area contributed by atoms with Crippen LogP contribution in [0.3, 0.4) is 0 Å². The zero-order valence-corrected chi connectivity index (χ0v) is 15.5. The third-order valence-electron chi connectivity index (χ3n) is 5.00. The first kappa shape index (κ1) is 22.2. The van der Waals surface area contributed by atoms with Gasteiger partial charge in [-0.05, 0) is 49.9 Å². The Morgan fingerprint density at radius 2 is 2.08 bits per heavy atom. The normalized spacial score (nSPS) is 27.6. The molecule has 1 fully saturated rings. The highest BCUT2D eigenvalue weighted by Gasteiger charge is 2.46. The Hall–Kier alpha value is -0.805. The number of amides is 1. The Morgan fingerprint density at radius 1 is 1.40 bits per heavy atom. The molecule has 0 heterocycles. The number of hydrogen-bond donors (Lipinski definition) is 6. The number of nitrogens with two attached hydrogens (primary N) is 2. The van der Waals surface area contributed by atoms with Crippen molar-refractivity contribution in [2.24, 2.45) is 23.3 Å². The van der Waals surface area contributed by atoms with Gasteiger partial charge >= 0.3 is 13.1 Å². The number of carbonyl (C=O) groups is 2. The summed E-state index contributed by atoms with van der Waals surface area (Å²) in [6.07, 6.45) is 4.79. The van der Waals surface area contributed by atoms with Gasteiger partial charge in [-0.15, -0.1) is 0 Å². The highest BCUT2D eigenvalue weighted by molar-refractivity contribution is 7.98. The Labute approximate surface area is 153 Å². The van der Waals surface area contributed by atoms with E-state index in [-0.39, 0.29) is 37.0 Å². The van der Waals surface area contributed by atoms with Gasteiger partial charge in [-0.25, -0.2) is 0 Å². The molecule has 8 N–H and O–H groups in total. The highest BCUT2D eigenvalue weighted by Crippen LogP contribution is 2.38. The molecule has 1 rings (SSSR count). The monoisotopic (exact) mass is 375 g/mol. The van der Waals surface area contributed by atoms with Gasteiger partial charge in [0.15, 0.2) is 0 Å². The Morgan fingerprint density at radius 3 is 2.64 bits per heavy atom. The molecule has 25 heavy (non-hydrogen) atoms. The second-order valence-electron chi connectivity index (χ2n) is 6.88. The van der Waals surface area contributed by atoms with Gasteiger partial charge in [0.05, 0.1) is 6.04 Å². The summed E-state index contributed by atoms with van der Waals surface area (Å²) in [5.41, 5.74) is 10.6. The molecule has 10 heteroatoms. The van der Waals surface area contributed by atoms with Crippen molar-refractivity contribution in [2.45, 2.75) is 50.0 Å². The zero-order valence-electron chi connectivity index (χ0n) is 14.7. The van der Waals surface area contributed by atoms with Gasteiger partial charge in [0, 0.05) is 12.5 Å². The van der Waals surface area contributed by atoms with Crippen LogP contribution < -0.4 is 16.8 Å². The minimum atomic E-state index is -1.43. The van der Waals surface area contributed by atoms with Gasteiger partial charge in [0.25, 0.3) is 0 Å². The quantitative estimate of drug-likeness (QED) is 0.272. The molecule has 1 amide bonds. The van der Waals surface area contributed by atoms with Crippen LogP contribution in [0.25, 0.3) is 0 Å². The molecule has 0 saturated heterocycles. The fourth-order valence-corrected chi connectivity index (χ4v) is 3.84. The van der Waals surface area contributed by atoms with Gasteiger partial charge in [-0.3, -0.25) is 9.59 Å². The van der Waals surface area contributed by atoms with Crippen molar-refractivity contribution in [3.05, 3.63) is 0 Å². The van der Waals surface area contributed by atoms with Crippen molar-refractivity contribution < 1.29 is 24.7 Å². The van der Waals surface area contributed by atoms with Crippen LogP contribution in [0, 0.1) is 11.8 Å². The van der Waals surface area contributed by atoms with E-state index in [0.29, 0.717) is 19.3 Å². The van der Waals surface area contributed by atoms with Crippen LogP contribution in [0.5, 0.6) is 0 Å². The minimum Gasteiger partial charge on any atom is -0.480 e. The molecule has 1 saturated carbocycles.